The van der Waals surface area contributed by atoms with E-state index >= 15 is 0 Å². The minimum Gasteiger partial charge on any atom is -0.463 e. The van der Waals surface area contributed by atoms with Crippen molar-refractivity contribution in [3.8, 4) is 17.1 Å². The second-order valence-corrected chi connectivity index (χ2v) is 4.50. The van der Waals surface area contributed by atoms with Gasteiger partial charge in [-0.15, -0.1) is 0 Å². The molecule has 3 rings (SSSR count). The number of furan rings is 1. The van der Waals surface area contributed by atoms with Gasteiger partial charge in [-0.1, -0.05) is 18.2 Å². The number of hydrogen-bond acceptors (Lipinski definition) is 3. The Morgan fingerprint density at radius 2 is 2.05 bits per heavy atom. The third-order valence-electron chi connectivity index (χ3n) is 3.05. The summed E-state index contributed by atoms with van der Waals surface area (Å²) in [6.45, 7) is 2.45. The number of para-hydroxylation sites is 1. The summed E-state index contributed by atoms with van der Waals surface area (Å²) in [6, 6.07) is 14.9. The lowest BCUT2D eigenvalue weighted by Gasteiger charge is -2.06. The fraction of sp³-hybridized carbons (Fsp3) is 0.125. The van der Waals surface area contributed by atoms with Crippen LogP contribution in [-0.2, 0) is 0 Å². The van der Waals surface area contributed by atoms with Gasteiger partial charge in [-0.3, -0.25) is 4.79 Å². The van der Waals surface area contributed by atoms with Crippen LogP contribution < -0.4 is 5.32 Å². The molecule has 0 bridgehead atoms. The predicted molar refractivity (Wildman–Crippen MR) is 79.3 cm³/mol. The number of nitrogens with one attached hydrogen (secondary N) is 1. The molecule has 0 unspecified atom stereocenters. The smallest absolute Gasteiger partial charge is 0.270 e. The van der Waals surface area contributed by atoms with Crippen LogP contribution in [0, 0.1) is 0 Å². The van der Waals surface area contributed by atoms with Crippen LogP contribution in [0.25, 0.3) is 17.1 Å². The highest BCUT2D eigenvalue weighted by atomic mass is 16.3. The number of benzene rings is 1. The first-order valence-electron chi connectivity index (χ1n) is 6.77. The van der Waals surface area contributed by atoms with Gasteiger partial charge in [-0.2, -0.15) is 5.10 Å². The van der Waals surface area contributed by atoms with Gasteiger partial charge in [0.25, 0.3) is 5.91 Å². The van der Waals surface area contributed by atoms with Crippen molar-refractivity contribution >= 4 is 5.91 Å². The Hall–Kier alpha value is -2.82. The Balaban J connectivity index is 2.10. The molecule has 0 aliphatic rings. The van der Waals surface area contributed by atoms with Gasteiger partial charge < -0.3 is 9.73 Å². The average molecular weight is 281 g/mol. The van der Waals surface area contributed by atoms with Gasteiger partial charge in [0.15, 0.2) is 5.76 Å². The number of hydrogen-bond donors (Lipinski definition) is 1. The highest BCUT2D eigenvalue weighted by molar-refractivity contribution is 5.94. The van der Waals surface area contributed by atoms with Crippen molar-refractivity contribution in [3.05, 3.63) is 60.5 Å². The van der Waals surface area contributed by atoms with Crippen LogP contribution in [0.15, 0.2) is 59.2 Å². The molecular formula is C16H15N3O2. The molecule has 0 spiro atoms. The van der Waals surface area contributed by atoms with Crippen molar-refractivity contribution in [2.75, 3.05) is 6.54 Å². The molecule has 0 aliphatic carbocycles. The topological polar surface area (TPSA) is 60.1 Å². The van der Waals surface area contributed by atoms with Crippen molar-refractivity contribution in [1.29, 1.82) is 0 Å². The predicted octanol–water partition coefficient (Wildman–Crippen LogP) is 2.88. The number of rotatable bonds is 4. The molecule has 2 heterocycles. The summed E-state index contributed by atoms with van der Waals surface area (Å²) in [6.07, 6.45) is 1.59. The average Bonchev–Trinajstić information content (AvgIpc) is 3.17. The zero-order valence-corrected chi connectivity index (χ0v) is 11.6. The summed E-state index contributed by atoms with van der Waals surface area (Å²) in [4.78, 5) is 12.2. The third kappa shape index (κ3) is 2.58. The second kappa shape index (κ2) is 5.66. The number of carbonyl (C=O) groups excluding carboxylic acids is 1. The minimum atomic E-state index is -0.161. The monoisotopic (exact) mass is 281 g/mol. The molecule has 1 N–H and O–H groups in total. The van der Waals surface area contributed by atoms with Gasteiger partial charge in [-0.25, -0.2) is 4.68 Å². The maximum Gasteiger partial charge on any atom is 0.270 e. The number of amides is 1. The molecule has 5 heteroatoms. The first-order chi connectivity index (χ1) is 10.3. The third-order valence-corrected chi connectivity index (χ3v) is 3.05. The van der Waals surface area contributed by atoms with Crippen LogP contribution in [0.5, 0.6) is 0 Å². The molecule has 0 saturated heterocycles. The van der Waals surface area contributed by atoms with E-state index in [2.05, 4.69) is 10.4 Å². The molecule has 1 aromatic carbocycles. The largest absolute Gasteiger partial charge is 0.463 e. The normalized spacial score (nSPS) is 10.5. The van der Waals surface area contributed by atoms with E-state index in [1.807, 2.05) is 43.3 Å². The lowest BCUT2D eigenvalue weighted by atomic mass is 10.2. The fourth-order valence-corrected chi connectivity index (χ4v) is 2.10. The molecule has 5 nitrogen and oxygen atoms in total. The van der Waals surface area contributed by atoms with E-state index < -0.39 is 0 Å². The Morgan fingerprint density at radius 1 is 1.24 bits per heavy atom. The Kier molecular flexibility index (Phi) is 3.55. The molecule has 0 saturated carbocycles. The first-order valence-corrected chi connectivity index (χ1v) is 6.77. The van der Waals surface area contributed by atoms with Crippen molar-refractivity contribution in [3.63, 3.8) is 0 Å². The SMILES string of the molecule is CCNC(=O)c1cc(-c2ccco2)nn1-c1ccccc1. The van der Waals surface area contributed by atoms with Crippen molar-refractivity contribution in [2.24, 2.45) is 0 Å². The number of aromatic nitrogens is 2. The fourth-order valence-electron chi connectivity index (χ4n) is 2.10. The number of nitrogens with zero attached hydrogens (tertiary/aromatic N) is 2. The Bertz CT molecular complexity index is 730. The molecule has 21 heavy (non-hydrogen) atoms. The van der Waals surface area contributed by atoms with Crippen molar-refractivity contribution in [2.45, 2.75) is 6.92 Å². The molecule has 3 aromatic rings. The van der Waals surface area contributed by atoms with Gasteiger partial charge in [-0.05, 0) is 31.2 Å². The molecule has 0 fully saturated rings. The van der Waals surface area contributed by atoms with Crippen LogP contribution in [0.3, 0.4) is 0 Å². The maximum absolute atomic E-state index is 12.2. The minimum absolute atomic E-state index is 0.161. The quantitative estimate of drug-likeness (QED) is 0.800. The Morgan fingerprint density at radius 3 is 2.71 bits per heavy atom. The van der Waals surface area contributed by atoms with E-state index in [1.54, 1.807) is 23.1 Å². The van der Waals surface area contributed by atoms with Gasteiger partial charge in [0.05, 0.1) is 12.0 Å². The number of carbonyl (C=O) groups is 1. The van der Waals surface area contributed by atoms with Crippen molar-refractivity contribution in [1.82, 2.24) is 15.1 Å². The van der Waals surface area contributed by atoms with E-state index in [-0.39, 0.29) is 5.91 Å². The highest BCUT2D eigenvalue weighted by Gasteiger charge is 2.17. The summed E-state index contributed by atoms with van der Waals surface area (Å²) in [7, 11) is 0. The van der Waals surface area contributed by atoms with E-state index in [0.717, 1.165) is 5.69 Å². The Labute approximate surface area is 122 Å². The summed E-state index contributed by atoms with van der Waals surface area (Å²) in [5.41, 5.74) is 1.94. The second-order valence-electron chi connectivity index (χ2n) is 4.50. The molecule has 2 aromatic heterocycles. The van der Waals surface area contributed by atoms with E-state index in [4.69, 9.17) is 4.42 Å². The van der Waals surface area contributed by atoms with Gasteiger partial charge >= 0.3 is 0 Å². The standard InChI is InChI=1S/C16H15N3O2/c1-2-17-16(20)14-11-13(15-9-6-10-21-15)18-19(14)12-7-4-3-5-8-12/h3-11H,2H2,1H3,(H,17,20). The molecule has 0 aliphatic heterocycles. The van der Waals surface area contributed by atoms with Crippen LogP contribution in [0.2, 0.25) is 0 Å². The summed E-state index contributed by atoms with van der Waals surface area (Å²) in [5, 5.41) is 7.29. The maximum atomic E-state index is 12.2. The van der Waals surface area contributed by atoms with Crippen LogP contribution in [-0.4, -0.2) is 22.2 Å². The summed E-state index contributed by atoms with van der Waals surface area (Å²) >= 11 is 0. The van der Waals surface area contributed by atoms with E-state index in [0.29, 0.717) is 23.7 Å². The molecular weight excluding hydrogens is 266 g/mol. The highest BCUT2D eigenvalue weighted by Crippen LogP contribution is 2.22. The molecule has 0 radical (unpaired) electrons. The van der Waals surface area contributed by atoms with Crippen LogP contribution in [0.4, 0.5) is 0 Å². The lowest BCUT2D eigenvalue weighted by Crippen LogP contribution is -2.25. The van der Waals surface area contributed by atoms with Gasteiger partial charge in [0.1, 0.15) is 11.4 Å². The first kappa shape index (κ1) is 13.2. The van der Waals surface area contributed by atoms with E-state index in [1.165, 1.54) is 0 Å². The van der Waals surface area contributed by atoms with Gasteiger partial charge in [0, 0.05) is 12.6 Å². The zero-order valence-electron chi connectivity index (χ0n) is 11.6. The summed E-state index contributed by atoms with van der Waals surface area (Å²) in [5.74, 6) is 0.474. The van der Waals surface area contributed by atoms with Crippen LogP contribution >= 0.6 is 0 Å². The van der Waals surface area contributed by atoms with Gasteiger partial charge in [0.2, 0.25) is 0 Å². The lowest BCUT2D eigenvalue weighted by molar-refractivity contribution is 0.0948. The molecule has 0 atom stereocenters. The summed E-state index contributed by atoms with van der Waals surface area (Å²) < 4.78 is 6.98. The van der Waals surface area contributed by atoms with E-state index in [9.17, 15) is 4.79 Å². The van der Waals surface area contributed by atoms with Crippen molar-refractivity contribution < 1.29 is 9.21 Å². The zero-order chi connectivity index (χ0) is 14.7. The molecule has 1 amide bonds. The van der Waals surface area contributed by atoms with Crippen LogP contribution in [0.1, 0.15) is 17.4 Å². The molecule has 106 valence electrons.